The van der Waals surface area contributed by atoms with E-state index in [9.17, 15) is 19.2 Å². The minimum Gasteiger partial charge on any atom is -0.462 e. The zero-order valence-electron chi connectivity index (χ0n) is 20.9. The summed E-state index contributed by atoms with van der Waals surface area (Å²) in [4.78, 5) is 60.0. The number of aromatic nitrogens is 3. The minimum absolute atomic E-state index is 0.112. The summed E-state index contributed by atoms with van der Waals surface area (Å²) in [6.45, 7) is 3.48. The molecule has 0 aliphatic carbocycles. The molecule has 0 saturated heterocycles. The van der Waals surface area contributed by atoms with Crippen LogP contribution in [0.4, 0.5) is 5.13 Å². The molecule has 0 aliphatic rings. The summed E-state index contributed by atoms with van der Waals surface area (Å²) in [6, 6.07) is 14.2. The summed E-state index contributed by atoms with van der Waals surface area (Å²) in [5.41, 5.74) is 1.89. The molecule has 0 unspecified atom stereocenters. The largest absolute Gasteiger partial charge is 0.462 e. The molecule has 1 amide bonds. The molecule has 12 heteroatoms. The van der Waals surface area contributed by atoms with Gasteiger partial charge in [-0.25, -0.2) is 19.6 Å². The Morgan fingerprint density at radius 3 is 2.59 bits per heavy atom. The second-order valence-electron chi connectivity index (χ2n) is 8.45. The third-order valence-corrected chi connectivity index (χ3v) is 7.89. The van der Waals surface area contributed by atoms with E-state index in [0.717, 1.165) is 16.9 Å². The van der Waals surface area contributed by atoms with Crippen LogP contribution >= 0.6 is 22.7 Å². The Balaban J connectivity index is 1.30. The number of carbonyl (C=O) groups excluding carboxylic acids is 3. The third kappa shape index (κ3) is 5.56. The van der Waals surface area contributed by atoms with Gasteiger partial charge in [0.2, 0.25) is 5.91 Å². The second kappa shape index (κ2) is 11.1. The van der Waals surface area contributed by atoms with Gasteiger partial charge in [-0.1, -0.05) is 41.7 Å². The fourth-order valence-corrected chi connectivity index (χ4v) is 5.84. The molecule has 5 rings (SSSR count). The molecule has 0 radical (unpaired) electrons. The van der Waals surface area contributed by atoms with E-state index in [1.165, 1.54) is 22.2 Å². The van der Waals surface area contributed by atoms with E-state index in [4.69, 9.17) is 9.47 Å². The molecule has 198 valence electrons. The summed E-state index contributed by atoms with van der Waals surface area (Å²) in [5, 5.41) is 3.29. The fraction of sp³-hybridized carbons (Fsp3) is 0.185. The van der Waals surface area contributed by atoms with Crippen molar-refractivity contribution in [3.8, 4) is 0 Å². The Kier molecular flexibility index (Phi) is 7.48. The molecule has 0 atom stereocenters. The zero-order valence-corrected chi connectivity index (χ0v) is 22.6. The molecule has 3 heterocycles. The van der Waals surface area contributed by atoms with E-state index in [2.05, 4.69) is 15.3 Å². The number of carbonyl (C=O) groups is 3. The number of thiophene rings is 1. The Bertz CT molecular complexity index is 1770. The lowest BCUT2D eigenvalue weighted by Crippen LogP contribution is -2.27. The van der Waals surface area contributed by atoms with Crippen LogP contribution in [-0.4, -0.2) is 39.0 Å². The highest BCUT2D eigenvalue weighted by Gasteiger charge is 2.21. The fourth-order valence-electron chi connectivity index (χ4n) is 3.89. The van der Waals surface area contributed by atoms with Crippen LogP contribution in [0.25, 0.3) is 20.4 Å². The van der Waals surface area contributed by atoms with Gasteiger partial charge in [0, 0.05) is 0 Å². The molecule has 0 spiro atoms. The van der Waals surface area contributed by atoms with Gasteiger partial charge in [-0.15, -0.1) is 11.3 Å². The van der Waals surface area contributed by atoms with Crippen molar-refractivity contribution in [1.29, 1.82) is 0 Å². The number of benzene rings is 2. The average Bonchev–Trinajstić information content (AvgIpc) is 3.49. The molecule has 0 aliphatic heterocycles. The third-order valence-electron chi connectivity index (χ3n) is 5.78. The van der Waals surface area contributed by atoms with E-state index < -0.39 is 23.4 Å². The summed E-state index contributed by atoms with van der Waals surface area (Å²) in [7, 11) is 0. The van der Waals surface area contributed by atoms with E-state index in [0.29, 0.717) is 36.2 Å². The van der Waals surface area contributed by atoms with Crippen molar-refractivity contribution in [1.82, 2.24) is 14.5 Å². The van der Waals surface area contributed by atoms with Crippen molar-refractivity contribution in [2.24, 2.45) is 0 Å². The lowest BCUT2D eigenvalue weighted by atomic mass is 10.2. The average molecular weight is 563 g/mol. The van der Waals surface area contributed by atoms with Gasteiger partial charge in [0.05, 0.1) is 34.1 Å². The predicted molar refractivity (Wildman–Crippen MR) is 148 cm³/mol. The number of fused-ring (bicyclic) bond motifs is 2. The van der Waals surface area contributed by atoms with Gasteiger partial charge in [-0.05, 0) is 43.2 Å². The van der Waals surface area contributed by atoms with Gasteiger partial charge in [-0.2, -0.15) is 0 Å². The Morgan fingerprint density at radius 2 is 1.82 bits per heavy atom. The first-order chi connectivity index (χ1) is 18.8. The van der Waals surface area contributed by atoms with Crippen LogP contribution in [0.15, 0.2) is 59.7 Å². The van der Waals surface area contributed by atoms with Crippen molar-refractivity contribution in [3.63, 3.8) is 0 Å². The summed E-state index contributed by atoms with van der Waals surface area (Å²) in [6.07, 6.45) is 1.28. The van der Waals surface area contributed by atoms with Crippen LogP contribution in [0.5, 0.6) is 0 Å². The number of esters is 2. The molecule has 10 nitrogen and oxygen atoms in total. The maximum atomic E-state index is 13.2. The lowest BCUT2D eigenvalue weighted by Gasteiger charge is -2.05. The van der Waals surface area contributed by atoms with E-state index in [1.54, 1.807) is 32.0 Å². The molecule has 2 aromatic carbocycles. The van der Waals surface area contributed by atoms with Gasteiger partial charge in [0.25, 0.3) is 5.56 Å². The molecule has 0 bridgehead atoms. The molecule has 1 N–H and O–H groups in total. The van der Waals surface area contributed by atoms with Crippen LogP contribution in [-0.2, 0) is 27.4 Å². The molecule has 5 aromatic rings. The maximum absolute atomic E-state index is 13.2. The van der Waals surface area contributed by atoms with Crippen LogP contribution in [0.3, 0.4) is 0 Å². The SMILES string of the molecule is CCOC(=O)c1ccc2nc(NC(=O)Cn3cnc4sc(C(=O)OCc5ccccc5)c(C)c4c3=O)sc2c1. The zero-order chi connectivity index (χ0) is 27.5. The van der Waals surface area contributed by atoms with E-state index in [1.807, 2.05) is 30.3 Å². The van der Waals surface area contributed by atoms with Crippen LogP contribution in [0.2, 0.25) is 0 Å². The number of hydrogen-bond donors (Lipinski definition) is 1. The summed E-state index contributed by atoms with van der Waals surface area (Å²) >= 11 is 2.28. The van der Waals surface area contributed by atoms with E-state index >= 15 is 0 Å². The van der Waals surface area contributed by atoms with Gasteiger partial charge >= 0.3 is 11.9 Å². The summed E-state index contributed by atoms with van der Waals surface area (Å²) in [5.74, 6) is -1.44. The number of thiazole rings is 1. The first-order valence-corrected chi connectivity index (χ1v) is 13.5. The van der Waals surface area contributed by atoms with Crippen molar-refractivity contribution in [3.05, 3.63) is 86.8 Å². The first-order valence-electron chi connectivity index (χ1n) is 11.9. The van der Waals surface area contributed by atoms with Gasteiger partial charge < -0.3 is 14.8 Å². The van der Waals surface area contributed by atoms with Crippen LogP contribution in [0, 0.1) is 6.92 Å². The van der Waals surface area contributed by atoms with Crippen molar-refractivity contribution < 1.29 is 23.9 Å². The minimum atomic E-state index is -0.537. The number of nitrogens with one attached hydrogen (secondary N) is 1. The highest BCUT2D eigenvalue weighted by molar-refractivity contribution is 7.22. The van der Waals surface area contributed by atoms with Gasteiger partial charge in [0.1, 0.15) is 22.9 Å². The predicted octanol–water partition coefficient (Wildman–Crippen LogP) is 4.55. The maximum Gasteiger partial charge on any atom is 0.349 e. The molecule has 0 fully saturated rings. The number of anilines is 1. The number of aryl methyl sites for hydroxylation is 1. The Hall–Kier alpha value is -4.42. The van der Waals surface area contributed by atoms with Gasteiger partial charge in [-0.3, -0.25) is 14.2 Å². The monoisotopic (exact) mass is 562 g/mol. The highest BCUT2D eigenvalue weighted by Crippen LogP contribution is 2.29. The Labute approximate surface area is 229 Å². The lowest BCUT2D eigenvalue weighted by molar-refractivity contribution is -0.116. The smallest absolute Gasteiger partial charge is 0.349 e. The topological polar surface area (TPSA) is 129 Å². The molecule has 39 heavy (non-hydrogen) atoms. The standard InChI is InChI=1S/C27H22N4O6S2/c1-3-36-25(34)17-9-10-18-19(11-17)38-27(29-18)30-20(32)12-31-14-28-23-21(24(31)33)15(2)22(39-23)26(35)37-13-16-7-5-4-6-8-16/h4-11,14H,3,12-13H2,1-2H3,(H,29,30,32). The normalized spacial score (nSPS) is 11.0. The first kappa shape index (κ1) is 26.2. The molecule has 3 aromatic heterocycles. The number of nitrogens with zero attached hydrogens (tertiary/aromatic N) is 3. The second-order valence-corrected chi connectivity index (χ2v) is 10.5. The van der Waals surface area contributed by atoms with Crippen LogP contribution < -0.4 is 10.9 Å². The molecular weight excluding hydrogens is 540 g/mol. The van der Waals surface area contributed by atoms with E-state index in [-0.39, 0.29) is 25.1 Å². The van der Waals surface area contributed by atoms with Crippen LogP contribution in [0.1, 0.15) is 38.1 Å². The summed E-state index contributed by atoms with van der Waals surface area (Å²) < 4.78 is 12.3. The number of rotatable bonds is 8. The number of hydrogen-bond acceptors (Lipinski definition) is 10. The quantitative estimate of drug-likeness (QED) is 0.273. The molecular formula is C27H22N4O6S2. The molecule has 0 saturated carbocycles. The van der Waals surface area contributed by atoms with Crippen molar-refractivity contribution in [2.45, 2.75) is 27.0 Å². The van der Waals surface area contributed by atoms with Gasteiger partial charge in [0.15, 0.2) is 5.13 Å². The van der Waals surface area contributed by atoms with Crippen molar-refractivity contribution >= 4 is 66.1 Å². The van der Waals surface area contributed by atoms with Crippen molar-refractivity contribution in [2.75, 3.05) is 11.9 Å². The Morgan fingerprint density at radius 1 is 1.03 bits per heavy atom. The number of amides is 1. The highest BCUT2D eigenvalue weighted by atomic mass is 32.1. The number of ether oxygens (including phenoxy) is 2.